The van der Waals surface area contributed by atoms with Crippen LogP contribution in [0.3, 0.4) is 0 Å². The van der Waals surface area contributed by atoms with E-state index in [0.717, 1.165) is 3.79 Å². The zero-order valence-corrected chi connectivity index (χ0v) is 14.9. The van der Waals surface area contributed by atoms with Gasteiger partial charge in [0.15, 0.2) is 0 Å². The Kier molecular flexibility index (Phi) is 3.40. The van der Waals surface area contributed by atoms with Crippen LogP contribution in [0.5, 0.6) is 0 Å². The van der Waals surface area contributed by atoms with E-state index in [-0.39, 0.29) is 4.83 Å². The molecule has 1 unspecified atom stereocenters. The highest BCUT2D eigenvalue weighted by atomic mass is 79.9. The Morgan fingerprint density at radius 3 is 2.52 bits per heavy atom. The molecule has 0 radical (unpaired) electrons. The molecule has 1 N–H and O–H groups in total. The molecule has 21 heavy (non-hydrogen) atoms. The van der Waals surface area contributed by atoms with Crippen LogP contribution in [0.2, 0.25) is 0 Å². The van der Waals surface area contributed by atoms with Gasteiger partial charge in [0.2, 0.25) is 0 Å². The van der Waals surface area contributed by atoms with Gasteiger partial charge in [-0.05, 0) is 56.7 Å². The molecule has 104 valence electrons. The number of hydrogen-bond donors (Lipinski definition) is 1. The van der Waals surface area contributed by atoms with Crippen LogP contribution in [-0.2, 0) is 0 Å². The Bertz CT molecular complexity index is 938. The van der Waals surface area contributed by atoms with Gasteiger partial charge in [0.05, 0.1) is 8.61 Å². The zero-order valence-electron chi connectivity index (χ0n) is 10.9. The molecule has 2 aromatic heterocycles. The van der Waals surface area contributed by atoms with Crippen LogP contribution in [0, 0.1) is 0 Å². The maximum Gasteiger partial charge on any atom is 0.0701 e. The standard InChI is InChI=1S/C17H11Br2NS/c18-16-8-11(9-21-16)17(19)10-5-6-15-13(7-10)12-3-1-2-4-14(12)20-15/h1-9,17,20H. The number of hydrogen-bond acceptors (Lipinski definition) is 1. The van der Waals surface area contributed by atoms with Gasteiger partial charge in [0.1, 0.15) is 0 Å². The van der Waals surface area contributed by atoms with Crippen molar-refractivity contribution in [2.24, 2.45) is 0 Å². The second kappa shape index (κ2) is 5.27. The van der Waals surface area contributed by atoms with Crippen molar-refractivity contribution in [2.75, 3.05) is 0 Å². The SMILES string of the molecule is Brc1cc(C(Br)c2ccc3[nH]c4ccccc4c3c2)cs1. The lowest BCUT2D eigenvalue weighted by atomic mass is 10.0. The fourth-order valence-electron chi connectivity index (χ4n) is 2.67. The molecule has 0 bridgehead atoms. The van der Waals surface area contributed by atoms with Crippen LogP contribution in [0.4, 0.5) is 0 Å². The highest BCUT2D eigenvalue weighted by molar-refractivity contribution is 9.11. The summed E-state index contributed by atoms with van der Waals surface area (Å²) in [7, 11) is 0. The summed E-state index contributed by atoms with van der Waals surface area (Å²) in [6.07, 6.45) is 0. The molecule has 0 saturated heterocycles. The Labute approximate surface area is 143 Å². The van der Waals surface area contributed by atoms with Gasteiger partial charge in [-0.15, -0.1) is 11.3 Å². The predicted octanol–water partition coefficient (Wildman–Crippen LogP) is 6.63. The molecular formula is C17H11Br2NS. The van der Waals surface area contributed by atoms with Crippen molar-refractivity contribution in [1.82, 2.24) is 4.98 Å². The van der Waals surface area contributed by atoms with E-state index in [1.54, 1.807) is 11.3 Å². The quantitative estimate of drug-likeness (QED) is 0.350. The summed E-state index contributed by atoms with van der Waals surface area (Å²) in [5, 5.41) is 4.74. The van der Waals surface area contributed by atoms with Crippen LogP contribution in [0.15, 0.2) is 57.7 Å². The molecule has 4 aromatic rings. The number of thiophene rings is 1. The molecule has 2 heterocycles. The van der Waals surface area contributed by atoms with Crippen molar-refractivity contribution in [2.45, 2.75) is 4.83 Å². The van der Waals surface area contributed by atoms with Crippen molar-refractivity contribution in [1.29, 1.82) is 0 Å². The summed E-state index contributed by atoms with van der Waals surface area (Å²) < 4.78 is 1.16. The molecule has 4 rings (SSSR count). The molecular weight excluding hydrogens is 410 g/mol. The van der Waals surface area contributed by atoms with Crippen molar-refractivity contribution >= 4 is 65.0 Å². The van der Waals surface area contributed by atoms with Crippen LogP contribution >= 0.6 is 43.2 Å². The number of benzene rings is 2. The number of H-pyrrole nitrogens is 1. The molecule has 0 aliphatic carbocycles. The largest absolute Gasteiger partial charge is 0.355 e. The Hall–Kier alpha value is -1.10. The van der Waals surface area contributed by atoms with E-state index in [4.69, 9.17) is 0 Å². The molecule has 2 aromatic carbocycles. The minimum Gasteiger partial charge on any atom is -0.355 e. The first-order chi connectivity index (χ1) is 10.2. The van der Waals surface area contributed by atoms with Crippen molar-refractivity contribution < 1.29 is 0 Å². The second-order valence-corrected chi connectivity index (χ2v) is 8.23. The summed E-state index contributed by atoms with van der Waals surface area (Å²) in [5.74, 6) is 0. The monoisotopic (exact) mass is 419 g/mol. The van der Waals surface area contributed by atoms with E-state index in [0.29, 0.717) is 0 Å². The summed E-state index contributed by atoms with van der Waals surface area (Å²) >= 11 is 9.07. The van der Waals surface area contributed by atoms with Gasteiger partial charge >= 0.3 is 0 Å². The summed E-state index contributed by atoms with van der Waals surface area (Å²) in [6.45, 7) is 0. The van der Waals surface area contributed by atoms with Crippen LogP contribution in [-0.4, -0.2) is 4.98 Å². The topological polar surface area (TPSA) is 15.8 Å². The fourth-order valence-corrected chi connectivity index (χ4v) is 4.60. The third kappa shape index (κ3) is 2.35. The molecule has 0 amide bonds. The first-order valence-electron chi connectivity index (χ1n) is 6.61. The lowest BCUT2D eigenvalue weighted by molar-refractivity contribution is 1.20. The number of alkyl halides is 1. The van der Waals surface area contributed by atoms with Crippen LogP contribution in [0.1, 0.15) is 16.0 Å². The summed E-state index contributed by atoms with van der Waals surface area (Å²) in [6, 6.07) is 17.2. The van der Waals surface area contributed by atoms with Gasteiger partial charge in [0, 0.05) is 21.8 Å². The maximum atomic E-state index is 3.82. The first-order valence-corrected chi connectivity index (χ1v) is 9.19. The predicted molar refractivity (Wildman–Crippen MR) is 98.6 cm³/mol. The average molecular weight is 421 g/mol. The molecule has 0 aliphatic heterocycles. The minimum absolute atomic E-state index is 0.220. The van der Waals surface area contributed by atoms with E-state index in [2.05, 4.69) is 90.8 Å². The minimum atomic E-state index is 0.220. The van der Waals surface area contributed by atoms with E-state index in [9.17, 15) is 0 Å². The molecule has 1 atom stereocenters. The van der Waals surface area contributed by atoms with E-state index < -0.39 is 0 Å². The van der Waals surface area contributed by atoms with Gasteiger partial charge < -0.3 is 4.98 Å². The van der Waals surface area contributed by atoms with Gasteiger partial charge in [0.25, 0.3) is 0 Å². The second-order valence-electron chi connectivity index (χ2n) is 5.02. The average Bonchev–Trinajstić information content (AvgIpc) is 3.09. The molecule has 4 heteroatoms. The van der Waals surface area contributed by atoms with Crippen molar-refractivity contribution in [3.8, 4) is 0 Å². The smallest absolute Gasteiger partial charge is 0.0701 e. The summed E-state index contributed by atoms with van der Waals surface area (Å²) in [4.78, 5) is 3.69. The molecule has 0 spiro atoms. The van der Waals surface area contributed by atoms with Gasteiger partial charge in [-0.2, -0.15) is 0 Å². The van der Waals surface area contributed by atoms with E-state index >= 15 is 0 Å². The van der Waals surface area contributed by atoms with Crippen LogP contribution in [0.25, 0.3) is 21.8 Å². The van der Waals surface area contributed by atoms with Crippen molar-refractivity contribution in [3.63, 3.8) is 0 Å². The molecule has 0 fully saturated rings. The van der Waals surface area contributed by atoms with Gasteiger partial charge in [-0.25, -0.2) is 0 Å². The number of nitrogens with one attached hydrogen (secondary N) is 1. The normalized spacial score (nSPS) is 13.0. The third-order valence-corrected chi connectivity index (χ3v) is 6.28. The first kappa shape index (κ1) is 13.6. The van der Waals surface area contributed by atoms with Gasteiger partial charge in [-0.1, -0.05) is 40.2 Å². The summed E-state index contributed by atoms with van der Waals surface area (Å²) in [5.41, 5.74) is 4.93. The lowest BCUT2D eigenvalue weighted by Gasteiger charge is -2.08. The highest BCUT2D eigenvalue weighted by Gasteiger charge is 2.14. The maximum absolute atomic E-state index is 3.82. The number of halogens is 2. The Morgan fingerprint density at radius 1 is 0.905 bits per heavy atom. The number of fused-ring (bicyclic) bond motifs is 3. The Balaban J connectivity index is 1.88. The fraction of sp³-hybridized carbons (Fsp3) is 0.0588. The number of rotatable bonds is 2. The highest BCUT2D eigenvalue weighted by Crippen LogP contribution is 2.37. The van der Waals surface area contributed by atoms with E-state index in [1.807, 2.05) is 0 Å². The number of aromatic amines is 1. The third-order valence-electron chi connectivity index (χ3n) is 3.70. The van der Waals surface area contributed by atoms with Crippen molar-refractivity contribution in [3.05, 3.63) is 68.8 Å². The van der Waals surface area contributed by atoms with E-state index in [1.165, 1.54) is 32.9 Å². The lowest BCUT2D eigenvalue weighted by Crippen LogP contribution is -1.90. The molecule has 1 nitrogen and oxygen atoms in total. The zero-order chi connectivity index (χ0) is 14.4. The van der Waals surface area contributed by atoms with Gasteiger partial charge in [-0.3, -0.25) is 0 Å². The molecule has 0 saturated carbocycles. The van der Waals surface area contributed by atoms with Crippen LogP contribution < -0.4 is 0 Å². The number of aromatic nitrogens is 1. The number of para-hydroxylation sites is 1. The Morgan fingerprint density at radius 2 is 1.71 bits per heavy atom. The molecule has 0 aliphatic rings.